The van der Waals surface area contributed by atoms with Crippen molar-refractivity contribution in [3.63, 3.8) is 0 Å². The van der Waals surface area contributed by atoms with Crippen molar-refractivity contribution in [1.29, 1.82) is 0 Å². The average molecular weight is 362 g/mol. The van der Waals surface area contributed by atoms with E-state index < -0.39 is 10.0 Å². The van der Waals surface area contributed by atoms with Crippen molar-refractivity contribution in [3.05, 3.63) is 58.3 Å². The number of nitrogens with one attached hydrogen (secondary N) is 3. The van der Waals surface area contributed by atoms with Crippen LogP contribution < -0.4 is 15.6 Å². The fraction of sp³-hybridized carbons (Fsp3) is 0.312. The molecule has 1 aromatic heterocycles. The minimum Gasteiger partial charge on any atom is -0.349 e. The maximum absolute atomic E-state index is 12.3. The van der Waals surface area contributed by atoms with Gasteiger partial charge in [0.1, 0.15) is 0 Å². The number of rotatable bonds is 7. The van der Waals surface area contributed by atoms with E-state index in [-0.39, 0.29) is 28.9 Å². The van der Waals surface area contributed by atoms with E-state index in [1.165, 1.54) is 36.7 Å². The number of carbonyl (C=O) groups is 1. The molecule has 25 heavy (non-hydrogen) atoms. The van der Waals surface area contributed by atoms with Gasteiger partial charge in [-0.15, -0.1) is 0 Å². The maximum Gasteiger partial charge on any atom is 0.251 e. The summed E-state index contributed by atoms with van der Waals surface area (Å²) in [5, 5.41) is 2.85. The summed E-state index contributed by atoms with van der Waals surface area (Å²) in [6.07, 6.45) is 3.55. The molecule has 1 amide bonds. The second kappa shape index (κ2) is 7.16. The molecule has 0 spiro atoms. The van der Waals surface area contributed by atoms with Crippen LogP contribution in [0.3, 0.4) is 0 Å². The van der Waals surface area contributed by atoms with Gasteiger partial charge >= 0.3 is 0 Å². The van der Waals surface area contributed by atoms with E-state index in [2.05, 4.69) is 20.0 Å². The maximum atomic E-state index is 12.3. The molecule has 1 fully saturated rings. The molecule has 9 heteroatoms. The number of nitrogens with zero attached hydrogens (tertiary/aromatic N) is 1. The van der Waals surface area contributed by atoms with Crippen molar-refractivity contribution >= 4 is 15.9 Å². The van der Waals surface area contributed by atoms with Gasteiger partial charge in [0.05, 0.1) is 11.2 Å². The zero-order chi connectivity index (χ0) is 17.9. The molecule has 1 saturated carbocycles. The molecule has 0 radical (unpaired) electrons. The standard InChI is InChI=1S/C16H18N4O4S/c21-15-9-13(17-10-18-15)7-8-19-25(23,24)14-5-1-11(2-6-14)16(22)20-12-3-4-12/h1-2,5-6,9-10,12,19H,3-4,7-8H2,(H,20,22)(H,17,18,21). The Labute approximate surface area is 144 Å². The molecule has 3 rings (SSSR count). The Hall–Kier alpha value is -2.52. The number of H-pyrrole nitrogens is 1. The normalized spacial score (nSPS) is 14.2. The zero-order valence-corrected chi connectivity index (χ0v) is 14.2. The number of benzene rings is 1. The minimum absolute atomic E-state index is 0.0781. The lowest BCUT2D eigenvalue weighted by Gasteiger charge is -2.08. The Morgan fingerprint density at radius 2 is 1.96 bits per heavy atom. The Kier molecular flexibility index (Phi) is 4.95. The Balaban J connectivity index is 1.59. The minimum atomic E-state index is -3.69. The van der Waals surface area contributed by atoms with Gasteiger partial charge in [0.25, 0.3) is 11.5 Å². The van der Waals surface area contributed by atoms with Crippen molar-refractivity contribution in [3.8, 4) is 0 Å². The summed E-state index contributed by atoms with van der Waals surface area (Å²) in [7, 11) is -3.69. The number of aromatic amines is 1. The molecule has 1 aromatic carbocycles. The summed E-state index contributed by atoms with van der Waals surface area (Å²) in [5.74, 6) is -0.195. The molecule has 0 unspecified atom stereocenters. The largest absolute Gasteiger partial charge is 0.349 e. The first-order valence-corrected chi connectivity index (χ1v) is 9.36. The molecular formula is C16H18N4O4S. The van der Waals surface area contributed by atoms with Gasteiger partial charge in [0, 0.05) is 36.3 Å². The van der Waals surface area contributed by atoms with Gasteiger partial charge in [-0.25, -0.2) is 18.1 Å². The Morgan fingerprint density at radius 1 is 1.24 bits per heavy atom. The monoisotopic (exact) mass is 362 g/mol. The Bertz CT molecular complexity index is 918. The summed E-state index contributed by atoms with van der Waals surface area (Å²) in [4.78, 5) is 29.5. The fourth-order valence-corrected chi connectivity index (χ4v) is 3.26. The molecule has 132 valence electrons. The van der Waals surface area contributed by atoms with E-state index in [9.17, 15) is 18.0 Å². The fourth-order valence-electron chi connectivity index (χ4n) is 2.22. The summed E-state index contributed by atoms with van der Waals surface area (Å²) < 4.78 is 27.0. The second-order valence-electron chi connectivity index (χ2n) is 5.82. The van der Waals surface area contributed by atoms with E-state index >= 15 is 0 Å². The van der Waals surface area contributed by atoms with Gasteiger partial charge in [-0.2, -0.15) is 0 Å². The van der Waals surface area contributed by atoms with Gasteiger partial charge in [0.2, 0.25) is 10.0 Å². The predicted molar refractivity (Wildman–Crippen MR) is 90.7 cm³/mol. The molecule has 0 bridgehead atoms. The van der Waals surface area contributed by atoms with Gasteiger partial charge in [-0.1, -0.05) is 0 Å². The molecule has 1 aliphatic rings. The van der Waals surface area contributed by atoms with E-state index in [0.29, 0.717) is 17.7 Å². The van der Waals surface area contributed by atoms with Crippen LogP contribution in [0.2, 0.25) is 0 Å². The van der Waals surface area contributed by atoms with Crippen molar-refractivity contribution in [2.45, 2.75) is 30.2 Å². The lowest BCUT2D eigenvalue weighted by Crippen LogP contribution is -2.27. The van der Waals surface area contributed by atoms with Crippen LogP contribution in [0, 0.1) is 0 Å². The van der Waals surface area contributed by atoms with Crippen molar-refractivity contribution in [1.82, 2.24) is 20.0 Å². The first kappa shape index (κ1) is 17.3. The lowest BCUT2D eigenvalue weighted by atomic mass is 10.2. The lowest BCUT2D eigenvalue weighted by molar-refractivity contribution is 0.0951. The van der Waals surface area contributed by atoms with Crippen LogP contribution in [0.1, 0.15) is 28.9 Å². The summed E-state index contributed by atoms with van der Waals surface area (Å²) in [5.41, 5.74) is 0.644. The topological polar surface area (TPSA) is 121 Å². The predicted octanol–water partition coefficient (Wildman–Crippen LogP) is 0.183. The third kappa shape index (κ3) is 4.74. The third-order valence-electron chi connectivity index (χ3n) is 3.75. The van der Waals surface area contributed by atoms with E-state index in [1.807, 2.05) is 0 Å². The zero-order valence-electron chi connectivity index (χ0n) is 13.4. The quantitative estimate of drug-likeness (QED) is 0.649. The number of amides is 1. The molecule has 0 atom stereocenters. The average Bonchev–Trinajstić information content (AvgIpc) is 3.39. The van der Waals surface area contributed by atoms with Crippen LogP contribution in [-0.2, 0) is 16.4 Å². The first-order chi connectivity index (χ1) is 11.9. The van der Waals surface area contributed by atoms with Crippen LogP contribution in [0.25, 0.3) is 0 Å². The molecular weight excluding hydrogens is 344 g/mol. The van der Waals surface area contributed by atoms with E-state index in [1.54, 1.807) is 0 Å². The molecule has 3 N–H and O–H groups in total. The van der Waals surface area contributed by atoms with Gasteiger partial charge in [-0.05, 0) is 37.1 Å². The molecule has 0 saturated heterocycles. The van der Waals surface area contributed by atoms with Gasteiger partial charge in [0.15, 0.2) is 0 Å². The molecule has 1 aliphatic carbocycles. The number of carbonyl (C=O) groups excluding carboxylic acids is 1. The van der Waals surface area contributed by atoms with Crippen LogP contribution in [0.15, 0.2) is 46.3 Å². The summed E-state index contributed by atoms with van der Waals surface area (Å²) in [6, 6.07) is 7.35. The summed E-state index contributed by atoms with van der Waals surface area (Å²) in [6.45, 7) is 0.114. The van der Waals surface area contributed by atoms with Crippen LogP contribution in [0.4, 0.5) is 0 Å². The van der Waals surface area contributed by atoms with Crippen LogP contribution in [-0.4, -0.2) is 36.9 Å². The SMILES string of the molecule is O=C(NC1CC1)c1ccc(S(=O)(=O)NCCc2cc(=O)[nH]cn2)cc1. The third-order valence-corrected chi connectivity index (χ3v) is 5.22. The van der Waals surface area contributed by atoms with Crippen LogP contribution >= 0.6 is 0 Å². The number of hydrogen-bond donors (Lipinski definition) is 3. The van der Waals surface area contributed by atoms with Crippen molar-refractivity contribution < 1.29 is 13.2 Å². The highest BCUT2D eigenvalue weighted by molar-refractivity contribution is 7.89. The summed E-state index contributed by atoms with van der Waals surface area (Å²) >= 11 is 0. The van der Waals surface area contributed by atoms with Gasteiger partial charge < -0.3 is 10.3 Å². The highest BCUT2D eigenvalue weighted by Crippen LogP contribution is 2.19. The number of hydrogen-bond acceptors (Lipinski definition) is 5. The van der Waals surface area contributed by atoms with E-state index in [4.69, 9.17) is 0 Å². The second-order valence-corrected chi connectivity index (χ2v) is 7.59. The Morgan fingerprint density at radius 3 is 2.60 bits per heavy atom. The molecule has 8 nitrogen and oxygen atoms in total. The first-order valence-electron chi connectivity index (χ1n) is 7.88. The number of sulfonamides is 1. The van der Waals surface area contributed by atoms with Gasteiger partial charge in [-0.3, -0.25) is 9.59 Å². The molecule has 0 aliphatic heterocycles. The molecule has 2 aromatic rings. The van der Waals surface area contributed by atoms with Crippen molar-refractivity contribution in [2.24, 2.45) is 0 Å². The number of aromatic nitrogens is 2. The highest BCUT2D eigenvalue weighted by Gasteiger charge is 2.24. The highest BCUT2D eigenvalue weighted by atomic mass is 32.2. The van der Waals surface area contributed by atoms with Crippen molar-refractivity contribution in [2.75, 3.05) is 6.54 Å². The van der Waals surface area contributed by atoms with Crippen LogP contribution in [0.5, 0.6) is 0 Å². The molecule has 1 heterocycles. The van der Waals surface area contributed by atoms with E-state index in [0.717, 1.165) is 12.8 Å². The smallest absolute Gasteiger partial charge is 0.251 e.